The van der Waals surface area contributed by atoms with Crippen LogP contribution in [0, 0.1) is 0 Å². The Morgan fingerprint density at radius 3 is 0.664 bits per heavy atom. The molecule has 4 aromatic carbocycles. The maximum atomic E-state index is 6.54. The zero-order chi connectivity index (χ0) is 88.3. The molecule has 0 amide bonds. The number of aromatic amines is 2. The summed E-state index contributed by atoms with van der Waals surface area (Å²) in [5.74, 6) is 3.99. The van der Waals surface area contributed by atoms with E-state index in [4.69, 9.17) is 144 Å². The number of rotatable bonds is 28. The van der Waals surface area contributed by atoms with Gasteiger partial charge in [-0.05, 0) is 72.8 Å². The number of fused-ring (bicyclic) bond motifs is 20. The van der Waals surface area contributed by atoms with Gasteiger partial charge >= 0.3 is 0 Å². The Bertz CT molecular complexity index is 4240. The number of likely N-dealkylation sites (N-methyl/N-ethyl adjacent to an activating group) is 4. The van der Waals surface area contributed by atoms with Gasteiger partial charge in [0.15, 0.2) is 23.3 Å². The molecule has 0 radical (unpaired) electrons. The van der Waals surface area contributed by atoms with E-state index in [1.54, 1.807) is 0 Å². The van der Waals surface area contributed by atoms with E-state index >= 15 is 0 Å². The van der Waals surface area contributed by atoms with E-state index in [-0.39, 0.29) is 26.4 Å². The molecule has 0 spiro atoms. The summed E-state index contributed by atoms with van der Waals surface area (Å²) >= 11 is 0. The molecule has 706 valence electrons. The fourth-order valence-corrected chi connectivity index (χ4v) is 15.2. The third-order valence-corrected chi connectivity index (χ3v) is 23.5. The summed E-state index contributed by atoms with van der Waals surface area (Å²) in [7, 11) is 8.85. The first-order chi connectivity index (χ1) is 62.9. The van der Waals surface area contributed by atoms with Crippen molar-refractivity contribution in [2.45, 2.75) is 0 Å². The average molecular weight is 1800 g/mol. The van der Waals surface area contributed by atoms with Crippen LogP contribution in [0.3, 0.4) is 0 Å². The Balaban J connectivity index is 0.785. The van der Waals surface area contributed by atoms with Crippen molar-refractivity contribution in [1.29, 1.82) is 0 Å². The molecule has 13 rings (SSSR count). The van der Waals surface area contributed by atoms with Crippen molar-refractivity contribution < 1.29 is 132 Å². The van der Waals surface area contributed by atoms with Gasteiger partial charge in [-0.3, -0.25) is 0 Å². The maximum absolute atomic E-state index is 6.54. The van der Waals surface area contributed by atoms with Crippen molar-refractivity contribution >= 4 is 44.1 Å². The lowest BCUT2D eigenvalue weighted by atomic mass is 10.1. The van der Waals surface area contributed by atoms with Gasteiger partial charge in [0.1, 0.15) is 151 Å². The predicted octanol–water partition coefficient (Wildman–Crippen LogP) is 6.56. The second kappa shape index (κ2) is 53.9. The minimum absolute atomic E-state index is 0.285. The Labute approximate surface area is 751 Å². The molecule has 6 aliphatic rings. The Morgan fingerprint density at radius 1 is 0.219 bits per heavy atom. The van der Waals surface area contributed by atoms with Crippen molar-refractivity contribution in [2.24, 2.45) is 0 Å². The van der Waals surface area contributed by atoms with E-state index < -0.39 is 0 Å². The Kier molecular flexibility index (Phi) is 41.2. The molecule has 0 aliphatic carbocycles. The highest BCUT2D eigenvalue weighted by Gasteiger charge is 2.29. The van der Waals surface area contributed by atoms with E-state index in [9.17, 15) is 0 Å². The van der Waals surface area contributed by atoms with E-state index in [0.29, 0.717) is 362 Å². The van der Waals surface area contributed by atoms with Crippen LogP contribution < -0.4 is 18.9 Å². The molecular weight excluding hydrogens is 1660 g/mol. The molecule has 4 fully saturated rings. The van der Waals surface area contributed by atoms with Crippen LogP contribution in [0.2, 0.25) is 0 Å². The van der Waals surface area contributed by atoms with Crippen molar-refractivity contribution in [3.05, 3.63) is 72.8 Å². The van der Waals surface area contributed by atoms with Crippen molar-refractivity contribution in [3.8, 4) is 68.5 Å². The van der Waals surface area contributed by atoms with E-state index in [0.717, 1.165) is 111 Å². The van der Waals surface area contributed by atoms with Crippen LogP contribution in [0.25, 0.3) is 89.7 Å². The Hall–Kier alpha value is -7.52. The zero-order valence-electron chi connectivity index (χ0n) is 75.8. The molecule has 36 heteroatoms. The first-order valence-corrected chi connectivity index (χ1v) is 45.7. The van der Waals surface area contributed by atoms with Crippen LogP contribution in [0.5, 0.6) is 23.0 Å². The van der Waals surface area contributed by atoms with Gasteiger partial charge in [0.05, 0.1) is 292 Å². The van der Waals surface area contributed by atoms with Gasteiger partial charge in [0.2, 0.25) is 0 Å². The number of ether oxygens (including phenoxy) is 24. The van der Waals surface area contributed by atoms with E-state index in [1.807, 2.05) is 72.8 Å². The molecule has 2 N–H and O–H groups in total. The predicted molar refractivity (Wildman–Crippen MR) is 478 cm³/mol. The smallest absolute Gasteiger partial charge is 0.164 e. The number of hydrogen-bond donors (Lipinski definition) is 2. The minimum atomic E-state index is 0.285. The molecule has 0 unspecified atom stereocenters. The van der Waals surface area contributed by atoms with Gasteiger partial charge in [0.25, 0.3) is 0 Å². The molecule has 36 nitrogen and oxygen atoms in total. The summed E-state index contributed by atoms with van der Waals surface area (Å²) in [5, 5.41) is 2.95. The highest BCUT2D eigenvalue weighted by Crippen LogP contribution is 2.41. The minimum Gasteiger partial charge on any atom is -0.491 e. The Morgan fingerprint density at radius 2 is 0.422 bits per heavy atom. The van der Waals surface area contributed by atoms with E-state index in [2.05, 4.69) is 38.2 Å². The summed E-state index contributed by atoms with van der Waals surface area (Å²) in [6.45, 7) is 31.4. The van der Waals surface area contributed by atoms with Crippen LogP contribution in [0.15, 0.2) is 72.8 Å². The van der Waals surface area contributed by atoms with E-state index in [1.165, 1.54) is 0 Å². The largest absolute Gasteiger partial charge is 0.491 e. The second-order valence-corrected chi connectivity index (χ2v) is 33.2. The third-order valence-electron chi connectivity index (χ3n) is 23.5. The van der Waals surface area contributed by atoms with Crippen molar-refractivity contribution in [1.82, 2.24) is 39.9 Å². The maximum Gasteiger partial charge on any atom is 0.164 e. The number of nitrogens with zero attached hydrogens (tertiary/aromatic N) is 10. The highest BCUT2D eigenvalue weighted by atomic mass is 16.6. The number of H-pyrrole nitrogens is 2. The lowest BCUT2D eigenvalue weighted by Gasteiger charge is -2.34. The number of quaternary nitrogens is 4. The fraction of sp³-hybridized carbons (Fsp3) is 0.652. The molecule has 3 aromatic heterocycles. The number of hydrogen-bond acceptors (Lipinski definition) is 30. The van der Waals surface area contributed by atoms with Crippen LogP contribution in [-0.4, -0.2) is 455 Å². The molecule has 8 bridgehead atoms. The van der Waals surface area contributed by atoms with Crippen LogP contribution in [-0.2, 0) is 94.7 Å². The summed E-state index contributed by atoms with van der Waals surface area (Å²) < 4.78 is 147. The second-order valence-electron chi connectivity index (χ2n) is 33.2. The van der Waals surface area contributed by atoms with Crippen molar-refractivity contribution in [2.75, 3.05) is 397 Å². The monoisotopic (exact) mass is 1790 g/mol. The molecular formula is C92H138N12O24+4. The molecule has 9 heterocycles. The lowest BCUT2D eigenvalue weighted by Crippen LogP contribution is -2.50. The fourth-order valence-electron chi connectivity index (χ4n) is 15.2. The normalized spacial score (nSPS) is 19.8. The SMILES string of the molecule is C[N+]1(CCOCCOc2ccc3c(c2)-c2nc-3nc3[nH]c(nc4nc(nc5[nH]c(n2)c2ccc(OCCOCC[N+]6(C)CCOCCOCCOCCOCC6)cc52)-c2ccc(OCCOCC[N+]5(C)CCOCCOCCOCCOCC5)cc2-4)c2ccc(OCCOCC[N+]4(C)CCOCCOCCOCCOCC4)cc32)CCOCCOCCOCCOCC1. The molecule has 128 heavy (non-hydrogen) atoms. The highest BCUT2D eigenvalue weighted by molar-refractivity contribution is 6.07. The summed E-state index contributed by atoms with van der Waals surface area (Å²) in [6, 6.07) is 23.5. The van der Waals surface area contributed by atoms with Gasteiger partial charge in [-0.1, -0.05) is 0 Å². The molecule has 0 atom stereocenters. The first-order valence-electron chi connectivity index (χ1n) is 45.7. The first kappa shape index (κ1) is 98.0. The van der Waals surface area contributed by atoms with Gasteiger partial charge in [0, 0.05) is 43.8 Å². The van der Waals surface area contributed by atoms with Crippen molar-refractivity contribution in [3.63, 3.8) is 0 Å². The number of aromatic nitrogens is 8. The average Bonchev–Trinajstić information content (AvgIpc) is 1.60. The standard InChI is InChI=1S/C92H138N12O24/c1-101(13-25-105-37-45-117-53-54-118-46-38-106-26-14-101)21-33-113-61-65-125-73-5-9-77-81(69-73)89-93-85(77)98-90-83-71-75(127-67-63-115-35-23-103(3)17-29-109-41-49-121-57-58-122-50-42-110-30-18-103)7-11-79(83)87(95-90)100-92-84-72-76(128-68-64-116-36-24-104(4)19-31-111-43-51-123-59-60-124-52-44-112-32-20-104)8-12-80(84)88(96-92)99-91-82-70-74(6-10-78(82)86(94-91)97-89)126-66-62-114-34-22-102(2)15-27-107-39-47-119-55-56-120-48-40-108-28-16-102/h5-12,69-72H,13-68H2,1-4H3,(H2,93,94,95,96,97,98,99,100)/q+4. The molecule has 0 saturated carbocycles. The van der Waals surface area contributed by atoms with Gasteiger partial charge in [-0.25, -0.2) is 29.9 Å². The van der Waals surface area contributed by atoms with Gasteiger partial charge < -0.3 is 142 Å². The van der Waals surface area contributed by atoms with Crippen LogP contribution in [0.4, 0.5) is 0 Å². The summed E-state index contributed by atoms with van der Waals surface area (Å²) in [6.07, 6.45) is 0. The lowest BCUT2D eigenvalue weighted by molar-refractivity contribution is -0.910. The van der Waals surface area contributed by atoms with Gasteiger partial charge in [-0.15, -0.1) is 0 Å². The van der Waals surface area contributed by atoms with Crippen LogP contribution >= 0.6 is 0 Å². The van der Waals surface area contributed by atoms with Crippen LogP contribution in [0.1, 0.15) is 0 Å². The number of nitrogens with one attached hydrogen (secondary N) is 2. The summed E-state index contributed by atoms with van der Waals surface area (Å²) in [4.78, 5) is 39.6. The third kappa shape index (κ3) is 32.5. The molecule has 4 saturated heterocycles. The van der Waals surface area contributed by atoms with Gasteiger partial charge in [-0.2, -0.15) is 0 Å². The topological polar surface area (TPSA) is 330 Å². The number of benzene rings is 4. The molecule has 7 aromatic rings. The summed E-state index contributed by atoms with van der Waals surface area (Å²) in [5.41, 5.74) is 4.77. The quantitative estimate of drug-likeness (QED) is 0.0387. The molecule has 6 aliphatic heterocycles. The zero-order valence-corrected chi connectivity index (χ0v) is 75.8.